The molecule has 1 aliphatic rings. The first kappa shape index (κ1) is 17.4. The van der Waals surface area contributed by atoms with Crippen LogP contribution in [0.15, 0.2) is 42.5 Å². The van der Waals surface area contributed by atoms with Crippen LogP contribution in [0.3, 0.4) is 0 Å². The van der Waals surface area contributed by atoms with E-state index in [0.29, 0.717) is 19.5 Å². The van der Waals surface area contributed by atoms with Gasteiger partial charge in [0.05, 0.1) is 10.6 Å². The average Bonchev–Trinajstić information content (AvgIpc) is 2.98. The van der Waals surface area contributed by atoms with Gasteiger partial charge in [0, 0.05) is 26.1 Å². The minimum absolute atomic E-state index is 0.0822. The molecule has 1 aliphatic heterocycles. The number of amides is 2. The maximum Gasteiger partial charge on any atom is 0.253 e. The van der Waals surface area contributed by atoms with Crippen molar-refractivity contribution in [3.05, 3.63) is 70.0 Å². The van der Waals surface area contributed by atoms with Crippen molar-refractivity contribution >= 4 is 23.4 Å². The quantitative estimate of drug-likeness (QED) is 0.886. The molecule has 130 valence electrons. The Bertz CT molecular complexity index is 810. The van der Waals surface area contributed by atoms with Crippen LogP contribution in [-0.4, -0.2) is 23.3 Å². The molecule has 25 heavy (non-hydrogen) atoms. The second-order valence-corrected chi connectivity index (χ2v) is 6.45. The summed E-state index contributed by atoms with van der Waals surface area (Å²) in [5.74, 6) is -0.652. The number of hydrogen-bond acceptors (Lipinski definition) is 2. The van der Waals surface area contributed by atoms with E-state index in [4.69, 9.17) is 11.6 Å². The zero-order valence-electron chi connectivity index (χ0n) is 13.6. The molecule has 0 spiro atoms. The molecule has 0 aromatic heterocycles. The van der Waals surface area contributed by atoms with Crippen molar-refractivity contribution in [3.8, 4) is 0 Å². The molecule has 0 unspecified atom stereocenters. The van der Waals surface area contributed by atoms with Crippen LogP contribution in [0.5, 0.6) is 0 Å². The van der Waals surface area contributed by atoms with Crippen LogP contribution in [0, 0.1) is 5.82 Å². The number of carbonyl (C=O) groups excluding carboxylic acids is 2. The highest BCUT2D eigenvalue weighted by Crippen LogP contribution is 2.18. The lowest BCUT2D eigenvalue weighted by atomic mass is 10.1. The first-order valence-electron chi connectivity index (χ1n) is 8.12. The van der Waals surface area contributed by atoms with Crippen LogP contribution in [0.1, 0.15) is 34.3 Å². The second-order valence-electron chi connectivity index (χ2n) is 6.05. The fourth-order valence-electron chi connectivity index (χ4n) is 2.88. The van der Waals surface area contributed by atoms with Crippen molar-refractivity contribution in [2.24, 2.45) is 0 Å². The van der Waals surface area contributed by atoms with Gasteiger partial charge in [0.1, 0.15) is 5.82 Å². The first-order chi connectivity index (χ1) is 12.0. The van der Waals surface area contributed by atoms with Gasteiger partial charge in [0.15, 0.2) is 0 Å². The molecular formula is C19H18ClFN2O2. The molecule has 2 amide bonds. The molecule has 1 fully saturated rings. The molecule has 6 heteroatoms. The normalized spacial score (nSPS) is 14.0. The summed E-state index contributed by atoms with van der Waals surface area (Å²) >= 11 is 5.90. The largest absolute Gasteiger partial charge is 0.348 e. The topological polar surface area (TPSA) is 49.4 Å². The Morgan fingerprint density at radius 1 is 1.20 bits per heavy atom. The molecule has 1 N–H and O–H groups in total. The minimum atomic E-state index is -0.481. The van der Waals surface area contributed by atoms with Crippen molar-refractivity contribution in [2.45, 2.75) is 25.9 Å². The van der Waals surface area contributed by atoms with Crippen LogP contribution in [0.2, 0.25) is 5.02 Å². The molecule has 0 aliphatic carbocycles. The monoisotopic (exact) mass is 360 g/mol. The first-order valence-corrected chi connectivity index (χ1v) is 8.49. The van der Waals surface area contributed by atoms with Gasteiger partial charge in [0.25, 0.3) is 5.91 Å². The Morgan fingerprint density at radius 2 is 2.00 bits per heavy atom. The van der Waals surface area contributed by atoms with Crippen LogP contribution in [0.25, 0.3) is 0 Å². The van der Waals surface area contributed by atoms with Crippen LogP contribution < -0.4 is 5.32 Å². The minimum Gasteiger partial charge on any atom is -0.348 e. The summed E-state index contributed by atoms with van der Waals surface area (Å²) in [5.41, 5.74) is 2.19. The van der Waals surface area contributed by atoms with Gasteiger partial charge in [0.2, 0.25) is 5.91 Å². The van der Waals surface area contributed by atoms with E-state index in [-0.39, 0.29) is 22.4 Å². The van der Waals surface area contributed by atoms with Crippen molar-refractivity contribution < 1.29 is 14.0 Å². The predicted molar refractivity (Wildman–Crippen MR) is 93.7 cm³/mol. The van der Waals surface area contributed by atoms with Gasteiger partial charge in [-0.3, -0.25) is 9.59 Å². The number of benzene rings is 2. The second kappa shape index (κ2) is 7.66. The molecule has 2 aromatic carbocycles. The van der Waals surface area contributed by atoms with Gasteiger partial charge in [-0.05, 0) is 35.7 Å². The van der Waals surface area contributed by atoms with E-state index in [1.54, 1.807) is 0 Å². The number of nitrogens with zero attached hydrogens (tertiary/aromatic N) is 1. The number of rotatable bonds is 5. The maximum atomic E-state index is 13.1. The Hall–Kier alpha value is -2.40. The summed E-state index contributed by atoms with van der Waals surface area (Å²) in [6, 6.07) is 11.4. The molecule has 1 heterocycles. The smallest absolute Gasteiger partial charge is 0.253 e. The lowest BCUT2D eigenvalue weighted by Crippen LogP contribution is -2.24. The number of likely N-dealkylation sites (tertiary alicyclic amines) is 1. The Kier molecular flexibility index (Phi) is 5.34. The average molecular weight is 361 g/mol. The third-order valence-electron chi connectivity index (χ3n) is 4.17. The molecular weight excluding hydrogens is 343 g/mol. The maximum absolute atomic E-state index is 13.1. The fraction of sp³-hybridized carbons (Fsp3) is 0.263. The van der Waals surface area contributed by atoms with E-state index in [1.807, 2.05) is 29.2 Å². The molecule has 4 nitrogen and oxygen atoms in total. The summed E-state index contributed by atoms with van der Waals surface area (Å²) in [4.78, 5) is 25.8. The summed E-state index contributed by atoms with van der Waals surface area (Å²) in [7, 11) is 0. The standard InChI is InChI=1S/C19H18ClFN2O2/c20-17-10-15(21)6-7-16(17)19(25)22-11-13-3-1-4-14(9-13)12-23-8-2-5-18(23)24/h1,3-4,6-7,9-10H,2,5,8,11-12H2,(H,22,25). The van der Waals surface area contributed by atoms with Gasteiger partial charge < -0.3 is 10.2 Å². The van der Waals surface area contributed by atoms with Crippen molar-refractivity contribution in [1.82, 2.24) is 10.2 Å². The van der Waals surface area contributed by atoms with Crippen molar-refractivity contribution in [1.29, 1.82) is 0 Å². The summed E-state index contributed by atoms with van der Waals surface area (Å²) < 4.78 is 13.1. The van der Waals surface area contributed by atoms with Crippen LogP contribution >= 0.6 is 11.6 Å². The fourth-order valence-corrected chi connectivity index (χ4v) is 3.13. The molecule has 0 atom stereocenters. The van der Waals surface area contributed by atoms with Gasteiger partial charge in [-0.25, -0.2) is 4.39 Å². The lowest BCUT2D eigenvalue weighted by molar-refractivity contribution is -0.128. The van der Waals surface area contributed by atoms with Crippen molar-refractivity contribution in [3.63, 3.8) is 0 Å². The highest BCUT2D eigenvalue weighted by molar-refractivity contribution is 6.33. The van der Waals surface area contributed by atoms with Crippen LogP contribution in [-0.2, 0) is 17.9 Å². The molecule has 0 radical (unpaired) electrons. The summed E-state index contributed by atoms with van der Waals surface area (Å²) in [5, 5.41) is 2.86. The van der Waals surface area contributed by atoms with E-state index in [0.717, 1.165) is 30.2 Å². The lowest BCUT2D eigenvalue weighted by Gasteiger charge is -2.16. The van der Waals surface area contributed by atoms with Gasteiger partial charge >= 0.3 is 0 Å². The van der Waals surface area contributed by atoms with Gasteiger partial charge in [-0.1, -0.05) is 35.9 Å². The SMILES string of the molecule is O=C(NCc1cccc(CN2CCCC2=O)c1)c1ccc(F)cc1Cl. The summed E-state index contributed by atoms with van der Waals surface area (Å²) in [6.45, 7) is 1.71. The molecule has 2 aromatic rings. The van der Waals surface area contributed by atoms with E-state index in [9.17, 15) is 14.0 Å². The zero-order chi connectivity index (χ0) is 17.8. The molecule has 0 saturated carbocycles. The van der Waals surface area contributed by atoms with E-state index >= 15 is 0 Å². The predicted octanol–water partition coefficient (Wildman–Crippen LogP) is 3.53. The number of halogens is 2. The van der Waals surface area contributed by atoms with E-state index in [2.05, 4.69) is 5.32 Å². The van der Waals surface area contributed by atoms with Crippen molar-refractivity contribution in [2.75, 3.05) is 6.54 Å². The Balaban J connectivity index is 1.62. The zero-order valence-corrected chi connectivity index (χ0v) is 14.4. The van der Waals surface area contributed by atoms with E-state index < -0.39 is 5.82 Å². The van der Waals surface area contributed by atoms with E-state index in [1.165, 1.54) is 12.1 Å². The third-order valence-corrected chi connectivity index (χ3v) is 4.48. The molecule has 1 saturated heterocycles. The summed E-state index contributed by atoms with van der Waals surface area (Å²) in [6.07, 6.45) is 1.53. The molecule has 0 bridgehead atoms. The number of carbonyl (C=O) groups is 2. The number of nitrogens with one attached hydrogen (secondary N) is 1. The highest BCUT2D eigenvalue weighted by Gasteiger charge is 2.20. The Labute approximate surface area is 150 Å². The Morgan fingerprint density at radius 3 is 2.72 bits per heavy atom. The van der Waals surface area contributed by atoms with Gasteiger partial charge in [-0.2, -0.15) is 0 Å². The molecule has 3 rings (SSSR count). The third kappa shape index (κ3) is 4.37. The van der Waals surface area contributed by atoms with Gasteiger partial charge in [-0.15, -0.1) is 0 Å². The highest BCUT2D eigenvalue weighted by atomic mass is 35.5. The number of hydrogen-bond donors (Lipinski definition) is 1. The van der Waals surface area contributed by atoms with Crippen LogP contribution in [0.4, 0.5) is 4.39 Å².